The number of aromatic nitrogens is 2. The number of carbonyl (C=O) groups is 2. The predicted octanol–water partition coefficient (Wildman–Crippen LogP) is 3.19. The summed E-state index contributed by atoms with van der Waals surface area (Å²) >= 11 is 1.41. The van der Waals surface area contributed by atoms with Gasteiger partial charge in [0, 0.05) is 11.8 Å². The van der Waals surface area contributed by atoms with Crippen LogP contribution in [0.2, 0.25) is 0 Å². The van der Waals surface area contributed by atoms with Crippen LogP contribution in [0.4, 0.5) is 9.93 Å². The van der Waals surface area contributed by atoms with Crippen molar-refractivity contribution in [2.45, 2.75) is 13.5 Å². The van der Waals surface area contributed by atoms with E-state index in [1.54, 1.807) is 19.1 Å². The highest BCUT2D eigenvalue weighted by molar-refractivity contribution is 7.22. The number of amides is 2. The van der Waals surface area contributed by atoms with E-state index in [1.807, 2.05) is 24.3 Å². The minimum Gasteiger partial charge on any atom is -0.450 e. The number of alkyl carbamates (subject to hydrolysis) is 1. The Bertz CT molecular complexity index is 877. The van der Waals surface area contributed by atoms with Crippen molar-refractivity contribution < 1.29 is 14.3 Å². The molecule has 2 amide bonds. The number of rotatable bonds is 5. The van der Waals surface area contributed by atoms with Crippen molar-refractivity contribution in [1.82, 2.24) is 15.3 Å². The fraction of sp³-hybridized carbons (Fsp3) is 0.176. The SMILES string of the molecule is CCOC(=O)NCc1cc(C(=O)Nc2nc3ccccc3s2)ccn1. The standard InChI is InChI=1S/C17H16N4O3S/c1-2-24-17(23)19-10-12-9-11(7-8-18-12)15(22)21-16-20-13-5-3-4-6-14(13)25-16/h3-9H,2,10H2,1H3,(H,19,23)(H,20,21,22). The van der Waals surface area contributed by atoms with Gasteiger partial charge >= 0.3 is 6.09 Å². The number of hydrogen-bond donors (Lipinski definition) is 2. The quantitative estimate of drug-likeness (QED) is 0.732. The van der Waals surface area contributed by atoms with E-state index in [4.69, 9.17) is 4.74 Å². The molecular formula is C17H16N4O3S. The molecule has 0 fully saturated rings. The van der Waals surface area contributed by atoms with Crippen LogP contribution < -0.4 is 10.6 Å². The molecule has 1 aromatic carbocycles. The van der Waals surface area contributed by atoms with Gasteiger partial charge in [0.25, 0.3) is 5.91 Å². The first-order valence-electron chi connectivity index (χ1n) is 7.68. The molecule has 3 aromatic rings. The van der Waals surface area contributed by atoms with Crippen LogP contribution in [0.1, 0.15) is 23.0 Å². The third-order valence-electron chi connectivity index (χ3n) is 3.28. The highest BCUT2D eigenvalue weighted by atomic mass is 32.1. The van der Waals surface area contributed by atoms with Crippen molar-refractivity contribution in [2.75, 3.05) is 11.9 Å². The molecule has 8 heteroatoms. The Balaban J connectivity index is 1.67. The lowest BCUT2D eigenvalue weighted by Crippen LogP contribution is -2.24. The van der Waals surface area contributed by atoms with Gasteiger partial charge < -0.3 is 10.1 Å². The van der Waals surface area contributed by atoms with E-state index in [0.717, 1.165) is 10.2 Å². The fourth-order valence-electron chi connectivity index (χ4n) is 2.16. The Labute approximate surface area is 148 Å². The lowest BCUT2D eigenvalue weighted by atomic mass is 10.2. The topological polar surface area (TPSA) is 93.2 Å². The maximum atomic E-state index is 12.4. The molecule has 0 spiro atoms. The van der Waals surface area contributed by atoms with E-state index < -0.39 is 6.09 Å². The van der Waals surface area contributed by atoms with Gasteiger partial charge in [-0.1, -0.05) is 23.5 Å². The van der Waals surface area contributed by atoms with Crippen molar-refractivity contribution in [3.8, 4) is 0 Å². The number of fused-ring (bicyclic) bond motifs is 1. The summed E-state index contributed by atoms with van der Waals surface area (Å²) in [7, 11) is 0. The lowest BCUT2D eigenvalue weighted by Gasteiger charge is -2.06. The van der Waals surface area contributed by atoms with Gasteiger partial charge in [-0.05, 0) is 31.2 Å². The van der Waals surface area contributed by atoms with E-state index >= 15 is 0 Å². The van der Waals surface area contributed by atoms with Gasteiger partial charge in [-0.2, -0.15) is 0 Å². The molecule has 0 saturated carbocycles. The molecule has 0 bridgehead atoms. The average molecular weight is 356 g/mol. The number of ether oxygens (including phenoxy) is 1. The van der Waals surface area contributed by atoms with Crippen LogP contribution in [0.5, 0.6) is 0 Å². The monoisotopic (exact) mass is 356 g/mol. The largest absolute Gasteiger partial charge is 0.450 e. The first-order chi connectivity index (χ1) is 12.2. The number of benzene rings is 1. The van der Waals surface area contributed by atoms with Gasteiger partial charge in [0.05, 0.1) is 29.1 Å². The summed E-state index contributed by atoms with van der Waals surface area (Å²) in [4.78, 5) is 32.2. The number of pyridine rings is 1. The third kappa shape index (κ3) is 4.30. The van der Waals surface area contributed by atoms with Crippen LogP contribution >= 0.6 is 11.3 Å². The number of nitrogens with one attached hydrogen (secondary N) is 2. The molecule has 25 heavy (non-hydrogen) atoms. The Morgan fingerprint density at radius 3 is 2.88 bits per heavy atom. The van der Waals surface area contributed by atoms with Crippen molar-refractivity contribution >= 4 is 38.7 Å². The number of thiazole rings is 1. The summed E-state index contributed by atoms with van der Waals surface area (Å²) in [5.41, 5.74) is 1.84. The molecule has 0 radical (unpaired) electrons. The molecule has 3 rings (SSSR count). The van der Waals surface area contributed by atoms with E-state index in [-0.39, 0.29) is 12.5 Å². The number of nitrogens with zero attached hydrogens (tertiary/aromatic N) is 2. The molecule has 2 heterocycles. The summed E-state index contributed by atoms with van der Waals surface area (Å²) in [6.45, 7) is 2.20. The van der Waals surface area contributed by atoms with Gasteiger partial charge in [-0.15, -0.1) is 0 Å². The summed E-state index contributed by atoms with van der Waals surface area (Å²) in [5.74, 6) is -0.279. The highest BCUT2D eigenvalue weighted by Crippen LogP contribution is 2.25. The average Bonchev–Trinajstić information content (AvgIpc) is 3.02. The zero-order valence-corrected chi connectivity index (χ0v) is 14.3. The van der Waals surface area contributed by atoms with E-state index in [1.165, 1.54) is 17.5 Å². The van der Waals surface area contributed by atoms with Crippen molar-refractivity contribution in [3.63, 3.8) is 0 Å². The molecule has 0 saturated heterocycles. The van der Waals surface area contributed by atoms with E-state index in [2.05, 4.69) is 20.6 Å². The summed E-state index contributed by atoms with van der Waals surface area (Å²) in [5, 5.41) is 5.89. The molecular weight excluding hydrogens is 340 g/mol. The smallest absolute Gasteiger partial charge is 0.407 e. The molecule has 0 aliphatic carbocycles. The maximum Gasteiger partial charge on any atom is 0.407 e. The molecule has 0 unspecified atom stereocenters. The lowest BCUT2D eigenvalue weighted by molar-refractivity contribution is 0.102. The summed E-state index contributed by atoms with van der Waals surface area (Å²) in [6.07, 6.45) is 1.00. The third-order valence-corrected chi connectivity index (χ3v) is 4.23. The van der Waals surface area contributed by atoms with Crippen molar-refractivity contribution in [1.29, 1.82) is 0 Å². The van der Waals surface area contributed by atoms with Gasteiger partial charge in [-0.3, -0.25) is 15.1 Å². The van der Waals surface area contributed by atoms with Gasteiger partial charge in [0.1, 0.15) is 0 Å². The van der Waals surface area contributed by atoms with Crippen LogP contribution in [0.3, 0.4) is 0 Å². The first kappa shape index (κ1) is 16.8. The normalized spacial score (nSPS) is 10.4. The van der Waals surface area contributed by atoms with Gasteiger partial charge in [0.15, 0.2) is 5.13 Å². The van der Waals surface area contributed by atoms with Crippen molar-refractivity contribution in [3.05, 3.63) is 53.9 Å². The zero-order valence-electron chi connectivity index (χ0n) is 13.5. The zero-order chi connectivity index (χ0) is 17.6. The van der Waals surface area contributed by atoms with E-state index in [0.29, 0.717) is 23.0 Å². The van der Waals surface area contributed by atoms with Crippen LogP contribution in [0.25, 0.3) is 10.2 Å². The second-order valence-corrected chi connectivity index (χ2v) is 6.08. The predicted molar refractivity (Wildman–Crippen MR) is 95.7 cm³/mol. The second-order valence-electron chi connectivity index (χ2n) is 5.05. The molecule has 0 aliphatic rings. The number of anilines is 1. The van der Waals surface area contributed by atoms with Crippen LogP contribution in [0.15, 0.2) is 42.6 Å². The minimum atomic E-state index is -0.520. The first-order valence-corrected chi connectivity index (χ1v) is 8.50. The minimum absolute atomic E-state index is 0.182. The summed E-state index contributed by atoms with van der Waals surface area (Å²) < 4.78 is 5.79. The molecule has 2 aromatic heterocycles. The fourth-order valence-corrected chi connectivity index (χ4v) is 3.02. The Morgan fingerprint density at radius 2 is 2.08 bits per heavy atom. The van der Waals surface area contributed by atoms with E-state index in [9.17, 15) is 9.59 Å². The highest BCUT2D eigenvalue weighted by Gasteiger charge is 2.11. The summed E-state index contributed by atoms with van der Waals surface area (Å²) in [6, 6.07) is 10.9. The molecule has 7 nitrogen and oxygen atoms in total. The van der Waals surface area contributed by atoms with Crippen LogP contribution in [-0.4, -0.2) is 28.6 Å². The Hall–Kier alpha value is -3.00. The molecule has 128 valence electrons. The Morgan fingerprint density at radius 1 is 1.24 bits per heavy atom. The number of para-hydroxylation sites is 1. The number of carbonyl (C=O) groups excluding carboxylic acids is 2. The van der Waals surface area contributed by atoms with Crippen LogP contribution in [-0.2, 0) is 11.3 Å². The van der Waals surface area contributed by atoms with Gasteiger partial charge in [0.2, 0.25) is 0 Å². The molecule has 0 aliphatic heterocycles. The Kier molecular flexibility index (Phi) is 5.20. The molecule has 0 atom stereocenters. The van der Waals surface area contributed by atoms with Crippen LogP contribution in [0, 0.1) is 0 Å². The number of hydrogen-bond acceptors (Lipinski definition) is 6. The second kappa shape index (κ2) is 7.71. The van der Waals surface area contributed by atoms with Gasteiger partial charge in [-0.25, -0.2) is 9.78 Å². The maximum absolute atomic E-state index is 12.4. The molecule has 2 N–H and O–H groups in total. The van der Waals surface area contributed by atoms with Crippen molar-refractivity contribution in [2.24, 2.45) is 0 Å².